The lowest BCUT2D eigenvalue weighted by molar-refractivity contribution is -0.121. The summed E-state index contributed by atoms with van der Waals surface area (Å²) in [6.07, 6.45) is 0.184. The summed E-state index contributed by atoms with van der Waals surface area (Å²) in [7, 11) is 0. The third-order valence-corrected chi connectivity index (χ3v) is 3.40. The Hall–Kier alpha value is -2.53. The minimum atomic E-state index is -0.994. The molecule has 0 saturated carbocycles. The summed E-state index contributed by atoms with van der Waals surface area (Å²) >= 11 is 5.95. The van der Waals surface area contributed by atoms with Crippen molar-refractivity contribution in [3.8, 4) is 5.75 Å². The Labute approximate surface area is 138 Å². The van der Waals surface area contributed by atoms with Crippen molar-refractivity contribution >= 4 is 23.5 Å². The molecule has 2 N–H and O–H groups in total. The molecule has 23 heavy (non-hydrogen) atoms. The van der Waals surface area contributed by atoms with Crippen LogP contribution in [0, 0.1) is 0 Å². The second-order valence-corrected chi connectivity index (χ2v) is 5.22. The molecule has 0 aliphatic carbocycles. The van der Waals surface area contributed by atoms with Crippen LogP contribution in [0.15, 0.2) is 48.5 Å². The van der Waals surface area contributed by atoms with Crippen molar-refractivity contribution in [2.45, 2.75) is 13.0 Å². The van der Waals surface area contributed by atoms with E-state index in [4.69, 9.17) is 21.4 Å². The Balaban J connectivity index is 1.76. The van der Waals surface area contributed by atoms with Crippen LogP contribution in [0.2, 0.25) is 5.02 Å². The van der Waals surface area contributed by atoms with Gasteiger partial charge in [0, 0.05) is 6.54 Å². The summed E-state index contributed by atoms with van der Waals surface area (Å²) in [5, 5.41) is 12.1. The molecule has 0 fully saturated rings. The standard InChI is InChI=1S/C17H16ClNO4/c18-14-6-1-2-7-15(14)23-9-8-16(20)19-11-12-4-3-5-13(10-12)17(21)22/h1-7,10H,8-9,11H2,(H,19,20)(H,21,22). The molecule has 0 heterocycles. The van der Waals surface area contributed by atoms with Crippen LogP contribution in [0.25, 0.3) is 0 Å². The summed E-state index contributed by atoms with van der Waals surface area (Å²) in [5.41, 5.74) is 0.920. The van der Waals surface area contributed by atoms with E-state index in [1.54, 1.807) is 36.4 Å². The summed E-state index contributed by atoms with van der Waals surface area (Å²) in [5.74, 6) is -0.639. The highest BCUT2D eigenvalue weighted by Crippen LogP contribution is 2.22. The fraction of sp³-hybridized carbons (Fsp3) is 0.176. The van der Waals surface area contributed by atoms with Crippen molar-refractivity contribution in [3.63, 3.8) is 0 Å². The van der Waals surface area contributed by atoms with Gasteiger partial charge in [0.1, 0.15) is 5.75 Å². The quantitative estimate of drug-likeness (QED) is 0.816. The second-order valence-electron chi connectivity index (χ2n) is 4.81. The number of aromatic carboxylic acids is 1. The molecule has 1 amide bonds. The molecule has 2 aromatic rings. The molecule has 0 saturated heterocycles. The fourth-order valence-electron chi connectivity index (χ4n) is 1.92. The third kappa shape index (κ3) is 5.30. The number of benzene rings is 2. The Bertz CT molecular complexity index is 702. The molecule has 6 heteroatoms. The van der Waals surface area contributed by atoms with E-state index in [0.717, 1.165) is 5.56 Å². The van der Waals surface area contributed by atoms with E-state index in [-0.39, 0.29) is 31.0 Å². The molecule has 0 unspecified atom stereocenters. The van der Waals surface area contributed by atoms with Crippen LogP contribution in [-0.4, -0.2) is 23.6 Å². The summed E-state index contributed by atoms with van der Waals surface area (Å²) in [4.78, 5) is 22.7. The van der Waals surface area contributed by atoms with E-state index in [9.17, 15) is 9.59 Å². The number of carboxylic acids is 1. The van der Waals surface area contributed by atoms with Gasteiger partial charge in [-0.3, -0.25) is 4.79 Å². The molecular formula is C17H16ClNO4. The second kappa shape index (κ2) is 8.19. The molecule has 0 spiro atoms. The first-order valence-electron chi connectivity index (χ1n) is 7.02. The van der Waals surface area contributed by atoms with E-state index < -0.39 is 5.97 Å². The number of para-hydroxylation sites is 1. The number of hydrogen-bond acceptors (Lipinski definition) is 3. The zero-order valence-electron chi connectivity index (χ0n) is 12.3. The average Bonchev–Trinajstić information content (AvgIpc) is 2.55. The number of carbonyl (C=O) groups excluding carboxylic acids is 1. The number of carboxylic acid groups (broad SMARTS) is 1. The highest BCUT2D eigenvalue weighted by molar-refractivity contribution is 6.32. The fourth-order valence-corrected chi connectivity index (χ4v) is 2.11. The lowest BCUT2D eigenvalue weighted by Crippen LogP contribution is -2.24. The molecule has 2 aromatic carbocycles. The van der Waals surface area contributed by atoms with Gasteiger partial charge in [-0.25, -0.2) is 4.79 Å². The maximum Gasteiger partial charge on any atom is 0.335 e. The van der Waals surface area contributed by atoms with Crippen molar-refractivity contribution in [1.29, 1.82) is 0 Å². The molecule has 5 nitrogen and oxygen atoms in total. The van der Waals surface area contributed by atoms with Crippen LogP contribution in [0.1, 0.15) is 22.3 Å². The molecule has 0 bridgehead atoms. The van der Waals surface area contributed by atoms with Crippen LogP contribution >= 0.6 is 11.6 Å². The van der Waals surface area contributed by atoms with Gasteiger partial charge in [-0.15, -0.1) is 0 Å². The van der Waals surface area contributed by atoms with Gasteiger partial charge in [0.25, 0.3) is 0 Å². The Morgan fingerprint density at radius 2 is 1.91 bits per heavy atom. The number of hydrogen-bond donors (Lipinski definition) is 2. The minimum absolute atomic E-state index is 0.183. The van der Waals surface area contributed by atoms with E-state index >= 15 is 0 Å². The minimum Gasteiger partial charge on any atom is -0.491 e. The molecule has 2 rings (SSSR count). The monoisotopic (exact) mass is 333 g/mol. The highest BCUT2D eigenvalue weighted by atomic mass is 35.5. The smallest absolute Gasteiger partial charge is 0.335 e. The van der Waals surface area contributed by atoms with Gasteiger partial charge in [-0.05, 0) is 29.8 Å². The lowest BCUT2D eigenvalue weighted by atomic mass is 10.1. The normalized spacial score (nSPS) is 10.1. The molecule has 0 atom stereocenters. The van der Waals surface area contributed by atoms with Crippen molar-refractivity contribution < 1.29 is 19.4 Å². The Morgan fingerprint density at radius 1 is 1.13 bits per heavy atom. The van der Waals surface area contributed by atoms with E-state index in [0.29, 0.717) is 10.8 Å². The van der Waals surface area contributed by atoms with Crippen molar-refractivity contribution in [2.75, 3.05) is 6.61 Å². The summed E-state index contributed by atoms with van der Waals surface area (Å²) in [6, 6.07) is 13.5. The summed E-state index contributed by atoms with van der Waals surface area (Å²) in [6.45, 7) is 0.483. The maximum atomic E-state index is 11.8. The van der Waals surface area contributed by atoms with Crippen LogP contribution < -0.4 is 10.1 Å². The van der Waals surface area contributed by atoms with Gasteiger partial charge < -0.3 is 15.2 Å². The van der Waals surface area contributed by atoms with Crippen molar-refractivity contribution in [3.05, 3.63) is 64.7 Å². The summed E-state index contributed by atoms with van der Waals surface area (Å²) < 4.78 is 5.44. The predicted molar refractivity (Wildman–Crippen MR) is 86.8 cm³/mol. The number of ether oxygens (including phenoxy) is 1. The molecule has 0 radical (unpaired) electrons. The van der Waals surface area contributed by atoms with Crippen LogP contribution in [-0.2, 0) is 11.3 Å². The topological polar surface area (TPSA) is 75.6 Å². The van der Waals surface area contributed by atoms with Gasteiger partial charge in [0.2, 0.25) is 5.91 Å². The zero-order chi connectivity index (χ0) is 16.7. The Morgan fingerprint density at radius 3 is 2.65 bits per heavy atom. The van der Waals surface area contributed by atoms with Crippen LogP contribution in [0.3, 0.4) is 0 Å². The van der Waals surface area contributed by atoms with Crippen molar-refractivity contribution in [1.82, 2.24) is 5.32 Å². The van der Waals surface area contributed by atoms with E-state index in [1.807, 2.05) is 0 Å². The third-order valence-electron chi connectivity index (χ3n) is 3.09. The first-order valence-corrected chi connectivity index (χ1v) is 7.40. The first kappa shape index (κ1) is 16.8. The van der Waals surface area contributed by atoms with E-state index in [1.165, 1.54) is 12.1 Å². The molecule has 0 aliphatic rings. The van der Waals surface area contributed by atoms with Crippen LogP contribution in [0.5, 0.6) is 5.75 Å². The number of carbonyl (C=O) groups is 2. The van der Waals surface area contributed by atoms with E-state index in [2.05, 4.69) is 5.32 Å². The average molecular weight is 334 g/mol. The number of amides is 1. The molecule has 0 aromatic heterocycles. The van der Waals surface area contributed by atoms with Crippen LogP contribution in [0.4, 0.5) is 0 Å². The Kier molecular flexibility index (Phi) is 6.00. The van der Waals surface area contributed by atoms with Crippen molar-refractivity contribution in [2.24, 2.45) is 0 Å². The molecule has 0 aliphatic heterocycles. The molecular weight excluding hydrogens is 318 g/mol. The number of nitrogens with one attached hydrogen (secondary N) is 1. The number of halogens is 1. The first-order chi connectivity index (χ1) is 11.1. The van der Waals surface area contributed by atoms with Gasteiger partial charge >= 0.3 is 5.97 Å². The predicted octanol–water partition coefficient (Wildman–Crippen LogP) is 3.12. The van der Waals surface area contributed by atoms with Gasteiger partial charge in [-0.1, -0.05) is 35.9 Å². The van der Waals surface area contributed by atoms with Gasteiger partial charge in [0.15, 0.2) is 0 Å². The highest BCUT2D eigenvalue weighted by Gasteiger charge is 2.06. The lowest BCUT2D eigenvalue weighted by Gasteiger charge is -2.08. The largest absolute Gasteiger partial charge is 0.491 e. The zero-order valence-corrected chi connectivity index (χ0v) is 13.0. The van der Waals surface area contributed by atoms with Gasteiger partial charge in [0.05, 0.1) is 23.6 Å². The molecule has 120 valence electrons. The maximum absolute atomic E-state index is 11.8. The van der Waals surface area contributed by atoms with Gasteiger partial charge in [-0.2, -0.15) is 0 Å². The number of rotatable bonds is 7. The SMILES string of the molecule is O=C(CCOc1ccccc1Cl)NCc1cccc(C(=O)O)c1.